The van der Waals surface area contributed by atoms with Crippen LogP contribution in [0.1, 0.15) is 43.5 Å². The maximum absolute atomic E-state index is 11.8. The molecular formula is C13H18O2. The van der Waals surface area contributed by atoms with E-state index in [1.54, 1.807) is 19.1 Å². The molecule has 0 saturated heterocycles. The van der Waals surface area contributed by atoms with Crippen molar-refractivity contribution in [3.05, 3.63) is 35.9 Å². The van der Waals surface area contributed by atoms with E-state index in [9.17, 15) is 9.90 Å². The summed E-state index contributed by atoms with van der Waals surface area (Å²) in [4.78, 5) is 11.8. The van der Waals surface area contributed by atoms with E-state index in [4.69, 9.17) is 0 Å². The summed E-state index contributed by atoms with van der Waals surface area (Å²) in [7, 11) is 0. The SMILES string of the molecule is CCCC(C)(O)CC(=O)c1ccccc1. The van der Waals surface area contributed by atoms with Crippen molar-refractivity contribution >= 4 is 5.78 Å². The molecule has 0 radical (unpaired) electrons. The zero-order valence-corrected chi connectivity index (χ0v) is 9.36. The van der Waals surface area contributed by atoms with Crippen molar-refractivity contribution < 1.29 is 9.90 Å². The predicted molar refractivity (Wildman–Crippen MR) is 60.9 cm³/mol. The van der Waals surface area contributed by atoms with Gasteiger partial charge in [-0.1, -0.05) is 43.7 Å². The maximum atomic E-state index is 11.8. The minimum Gasteiger partial charge on any atom is -0.390 e. The lowest BCUT2D eigenvalue weighted by atomic mass is 9.92. The largest absolute Gasteiger partial charge is 0.390 e. The topological polar surface area (TPSA) is 37.3 Å². The second-order valence-corrected chi connectivity index (χ2v) is 4.21. The van der Waals surface area contributed by atoms with Gasteiger partial charge in [-0.2, -0.15) is 0 Å². The van der Waals surface area contributed by atoms with Crippen molar-refractivity contribution in [2.24, 2.45) is 0 Å². The van der Waals surface area contributed by atoms with Crippen molar-refractivity contribution in [1.29, 1.82) is 0 Å². The zero-order valence-electron chi connectivity index (χ0n) is 9.36. The molecule has 1 atom stereocenters. The fourth-order valence-corrected chi connectivity index (χ4v) is 1.70. The number of benzene rings is 1. The second kappa shape index (κ2) is 5.08. The highest BCUT2D eigenvalue weighted by atomic mass is 16.3. The number of ketones is 1. The van der Waals surface area contributed by atoms with Gasteiger partial charge in [0.15, 0.2) is 5.78 Å². The average Bonchev–Trinajstić information content (AvgIpc) is 2.18. The highest BCUT2D eigenvalue weighted by Gasteiger charge is 2.23. The van der Waals surface area contributed by atoms with Crippen LogP contribution in [0.4, 0.5) is 0 Å². The number of aliphatic hydroxyl groups is 1. The summed E-state index contributed by atoms with van der Waals surface area (Å²) in [5.74, 6) is 0.00838. The number of rotatable bonds is 5. The van der Waals surface area contributed by atoms with Crippen molar-refractivity contribution in [2.75, 3.05) is 0 Å². The van der Waals surface area contributed by atoms with Crippen LogP contribution < -0.4 is 0 Å². The van der Waals surface area contributed by atoms with Crippen LogP contribution in [0.5, 0.6) is 0 Å². The molecule has 2 nitrogen and oxygen atoms in total. The molecule has 1 rings (SSSR count). The summed E-state index contributed by atoms with van der Waals surface area (Å²) in [6, 6.07) is 9.11. The molecule has 0 saturated carbocycles. The van der Waals surface area contributed by atoms with Gasteiger partial charge in [0.2, 0.25) is 0 Å². The highest BCUT2D eigenvalue weighted by molar-refractivity contribution is 5.96. The van der Waals surface area contributed by atoms with Crippen LogP contribution in [0.15, 0.2) is 30.3 Å². The molecule has 82 valence electrons. The molecular weight excluding hydrogens is 188 g/mol. The second-order valence-electron chi connectivity index (χ2n) is 4.21. The van der Waals surface area contributed by atoms with Gasteiger partial charge in [0.1, 0.15) is 0 Å². The molecule has 0 bridgehead atoms. The number of carbonyl (C=O) groups excluding carboxylic acids is 1. The Morgan fingerprint density at radius 1 is 1.33 bits per heavy atom. The van der Waals surface area contributed by atoms with Crippen LogP contribution in [0.2, 0.25) is 0 Å². The van der Waals surface area contributed by atoms with Crippen LogP contribution in [0.3, 0.4) is 0 Å². The first kappa shape index (κ1) is 11.9. The Morgan fingerprint density at radius 2 is 1.93 bits per heavy atom. The highest BCUT2D eigenvalue weighted by Crippen LogP contribution is 2.19. The van der Waals surface area contributed by atoms with Crippen LogP contribution in [-0.2, 0) is 0 Å². The normalized spacial score (nSPS) is 14.6. The first-order valence-corrected chi connectivity index (χ1v) is 5.36. The summed E-state index contributed by atoms with van der Waals surface area (Å²) in [5, 5.41) is 9.93. The predicted octanol–water partition coefficient (Wildman–Crippen LogP) is 2.81. The Bertz CT molecular complexity index is 315. The molecule has 1 N–H and O–H groups in total. The Kier molecular flexibility index (Phi) is 4.04. The molecule has 0 aliphatic carbocycles. The van der Waals surface area contributed by atoms with E-state index < -0.39 is 5.60 Å². The Hall–Kier alpha value is -1.15. The zero-order chi connectivity index (χ0) is 11.3. The quantitative estimate of drug-likeness (QED) is 0.752. The summed E-state index contributed by atoms with van der Waals surface area (Å²) in [6.45, 7) is 3.72. The van der Waals surface area contributed by atoms with Crippen LogP contribution in [0, 0.1) is 0 Å². The van der Waals surface area contributed by atoms with Gasteiger partial charge in [0.25, 0.3) is 0 Å². The third-order valence-corrected chi connectivity index (χ3v) is 2.43. The lowest BCUT2D eigenvalue weighted by Crippen LogP contribution is -2.27. The van der Waals surface area contributed by atoms with Crippen molar-refractivity contribution in [1.82, 2.24) is 0 Å². The van der Waals surface area contributed by atoms with E-state index in [-0.39, 0.29) is 12.2 Å². The molecule has 0 aliphatic heterocycles. The first-order chi connectivity index (χ1) is 7.05. The third kappa shape index (κ3) is 3.84. The van der Waals surface area contributed by atoms with Gasteiger partial charge in [-0.25, -0.2) is 0 Å². The number of carbonyl (C=O) groups is 1. The van der Waals surface area contributed by atoms with Gasteiger partial charge in [-0.3, -0.25) is 4.79 Å². The first-order valence-electron chi connectivity index (χ1n) is 5.36. The van der Waals surface area contributed by atoms with E-state index in [0.29, 0.717) is 12.0 Å². The molecule has 0 fully saturated rings. The van der Waals surface area contributed by atoms with E-state index in [1.165, 1.54) is 0 Å². The monoisotopic (exact) mass is 206 g/mol. The van der Waals surface area contributed by atoms with E-state index in [1.807, 2.05) is 25.1 Å². The van der Waals surface area contributed by atoms with Gasteiger partial charge in [0.05, 0.1) is 5.60 Å². The van der Waals surface area contributed by atoms with Crippen LogP contribution >= 0.6 is 0 Å². The Balaban J connectivity index is 2.64. The van der Waals surface area contributed by atoms with Crippen molar-refractivity contribution in [2.45, 2.75) is 38.7 Å². The smallest absolute Gasteiger partial charge is 0.165 e. The molecule has 0 aromatic heterocycles. The minimum atomic E-state index is -0.873. The fraction of sp³-hybridized carbons (Fsp3) is 0.462. The van der Waals surface area contributed by atoms with Gasteiger partial charge in [0, 0.05) is 12.0 Å². The Labute approximate surface area is 90.9 Å². The molecule has 15 heavy (non-hydrogen) atoms. The van der Waals surface area contributed by atoms with Gasteiger partial charge < -0.3 is 5.11 Å². The van der Waals surface area contributed by atoms with Crippen molar-refractivity contribution in [3.8, 4) is 0 Å². The number of Topliss-reactive ketones (excluding diaryl/α,β-unsaturated/α-hetero) is 1. The summed E-state index contributed by atoms with van der Waals surface area (Å²) >= 11 is 0. The maximum Gasteiger partial charge on any atom is 0.165 e. The molecule has 0 spiro atoms. The molecule has 0 heterocycles. The molecule has 0 amide bonds. The van der Waals surface area contributed by atoms with Gasteiger partial charge in [-0.15, -0.1) is 0 Å². The van der Waals surface area contributed by atoms with Crippen LogP contribution in [0.25, 0.3) is 0 Å². The van der Waals surface area contributed by atoms with E-state index in [2.05, 4.69) is 0 Å². The average molecular weight is 206 g/mol. The molecule has 1 aromatic rings. The van der Waals surface area contributed by atoms with Crippen molar-refractivity contribution in [3.63, 3.8) is 0 Å². The summed E-state index contributed by atoms with van der Waals surface area (Å²) in [6.07, 6.45) is 1.74. The fourth-order valence-electron chi connectivity index (χ4n) is 1.70. The molecule has 1 aromatic carbocycles. The lowest BCUT2D eigenvalue weighted by Gasteiger charge is -2.21. The number of hydrogen-bond donors (Lipinski definition) is 1. The molecule has 1 unspecified atom stereocenters. The van der Waals surface area contributed by atoms with E-state index >= 15 is 0 Å². The standard InChI is InChI=1S/C13H18O2/c1-3-9-13(2,15)10-12(14)11-7-5-4-6-8-11/h4-8,15H,3,9-10H2,1-2H3. The molecule has 2 heteroatoms. The Morgan fingerprint density at radius 3 is 2.47 bits per heavy atom. The van der Waals surface area contributed by atoms with Gasteiger partial charge >= 0.3 is 0 Å². The van der Waals surface area contributed by atoms with E-state index in [0.717, 1.165) is 6.42 Å². The molecule has 0 aliphatic rings. The summed E-state index contributed by atoms with van der Waals surface area (Å²) in [5.41, 5.74) is -0.198. The summed E-state index contributed by atoms with van der Waals surface area (Å²) < 4.78 is 0. The lowest BCUT2D eigenvalue weighted by molar-refractivity contribution is 0.0385. The van der Waals surface area contributed by atoms with Crippen LogP contribution in [-0.4, -0.2) is 16.5 Å². The third-order valence-electron chi connectivity index (χ3n) is 2.43. The number of hydrogen-bond acceptors (Lipinski definition) is 2. The van der Waals surface area contributed by atoms with Gasteiger partial charge in [-0.05, 0) is 13.3 Å². The minimum absolute atomic E-state index is 0.00838.